The summed E-state index contributed by atoms with van der Waals surface area (Å²) in [5.41, 5.74) is 1.68. The number of piperidine rings is 1. The summed E-state index contributed by atoms with van der Waals surface area (Å²) < 4.78 is 10.6. The van der Waals surface area contributed by atoms with Crippen LogP contribution < -0.4 is 10.1 Å². The smallest absolute Gasteiger partial charge is 0.410 e. The number of nitrogens with one attached hydrogen (secondary N) is 1. The zero-order chi connectivity index (χ0) is 21.0. The number of nitrogens with zero attached hydrogens (tertiary/aromatic N) is 3. The lowest BCUT2D eigenvalue weighted by Gasteiger charge is -2.33. The van der Waals surface area contributed by atoms with Crippen LogP contribution in [0, 0.1) is 5.92 Å². The monoisotopic (exact) mass is 402 g/mol. The zero-order valence-electron chi connectivity index (χ0n) is 17.6. The third-order valence-corrected chi connectivity index (χ3v) is 5.00. The van der Waals surface area contributed by atoms with Crippen LogP contribution in [0.1, 0.15) is 39.2 Å². The van der Waals surface area contributed by atoms with Gasteiger partial charge in [0.1, 0.15) is 5.60 Å². The Morgan fingerprint density at radius 3 is 2.66 bits per heavy atom. The summed E-state index contributed by atoms with van der Waals surface area (Å²) in [5.74, 6) is 0.928. The van der Waals surface area contributed by atoms with Crippen LogP contribution in [0.3, 0.4) is 0 Å². The van der Waals surface area contributed by atoms with Crippen molar-refractivity contribution in [3.63, 3.8) is 0 Å². The molecule has 29 heavy (non-hydrogen) atoms. The van der Waals surface area contributed by atoms with Gasteiger partial charge in [0.25, 0.3) is 0 Å². The Morgan fingerprint density at radius 2 is 2.03 bits per heavy atom. The standard InChI is InChI=1S/C21H30N4O4/c1-21(2,3)29-20(27)25-9-7-14(8-10-25)11-22-18-15(13-26)12-23-19-16(18)5-6-17(24-19)28-4/h5-6,12,14,26H,7-11,13H2,1-4H3,(H,22,23,24). The van der Waals surface area contributed by atoms with E-state index < -0.39 is 5.60 Å². The molecular formula is C21H30N4O4. The van der Waals surface area contributed by atoms with E-state index in [0.717, 1.165) is 36.0 Å². The van der Waals surface area contributed by atoms with Crippen molar-refractivity contribution in [1.82, 2.24) is 14.9 Å². The number of hydrogen-bond donors (Lipinski definition) is 2. The minimum atomic E-state index is -0.477. The summed E-state index contributed by atoms with van der Waals surface area (Å²) in [4.78, 5) is 22.7. The molecule has 0 unspecified atom stereocenters. The van der Waals surface area contributed by atoms with Gasteiger partial charge in [-0.3, -0.25) is 0 Å². The molecule has 3 heterocycles. The molecule has 2 aromatic heterocycles. The van der Waals surface area contributed by atoms with Gasteiger partial charge in [0.15, 0.2) is 5.65 Å². The topological polar surface area (TPSA) is 96.8 Å². The highest BCUT2D eigenvalue weighted by Crippen LogP contribution is 2.28. The number of aliphatic hydroxyl groups excluding tert-OH is 1. The average molecular weight is 402 g/mol. The van der Waals surface area contributed by atoms with Crippen LogP contribution in [0.5, 0.6) is 5.88 Å². The maximum atomic E-state index is 12.2. The Kier molecular flexibility index (Phi) is 6.42. The molecule has 1 aliphatic rings. The SMILES string of the molecule is COc1ccc2c(NCC3CCN(C(=O)OC(C)(C)C)CC3)c(CO)cnc2n1. The van der Waals surface area contributed by atoms with E-state index in [9.17, 15) is 9.90 Å². The number of carbonyl (C=O) groups is 1. The molecule has 1 amide bonds. The second kappa shape index (κ2) is 8.82. The van der Waals surface area contributed by atoms with Crippen molar-refractivity contribution in [2.24, 2.45) is 5.92 Å². The third-order valence-electron chi connectivity index (χ3n) is 5.00. The Bertz CT molecular complexity index is 858. The number of aliphatic hydroxyl groups is 1. The predicted molar refractivity (Wildman–Crippen MR) is 111 cm³/mol. The first kappa shape index (κ1) is 21.1. The molecule has 8 heteroatoms. The fourth-order valence-electron chi connectivity index (χ4n) is 3.44. The Labute approximate surface area is 171 Å². The molecule has 8 nitrogen and oxygen atoms in total. The maximum absolute atomic E-state index is 12.2. The number of rotatable bonds is 5. The lowest BCUT2D eigenvalue weighted by molar-refractivity contribution is 0.0188. The van der Waals surface area contributed by atoms with Gasteiger partial charge in [0.2, 0.25) is 5.88 Å². The van der Waals surface area contributed by atoms with Gasteiger partial charge in [0.05, 0.1) is 19.4 Å². The molecule has 2 aromatic rings. The van der Waals surface area contributed by atoms with Gasteiger partial charge in [0, 0.05) is 42.8 Å². The highest BCUT2D eigenvalue weighted by Gasteiger charge is 2.27. The lowest BCUT2D eigenvalue weighted by Crippen LogP contribution is -2.42. The number of pyridine rings is 2. The van der Waals surface area contributed by atoms with Crippen LogP contribution in [0.25, 0.3) is 11.0 Å². The zero-order valence-corrected chi connectivity index (χ0v) is 17.6. The molecule has 2 N–H and O–H groups in total. The van der Waals surface area contributed by atoms with Crippen LogP contribution in [0.2, 0.25) is 0 Å². The highest BCUT2D eigenvalue weighted by molar-refractivity contribution is 5.90. The molecule has 0 bridgehead atoms. The average Bonchev–Trinajstić information content (AvgIpc) is 2.70. The van der Waals surface area contributed by atoms with Crippen LogP contribution in [-0.4, -0.2) is 58.4 Å². The fourth-order valence-corrected chi connectivity index (χ4v) is 3.44. The lowest BCUT2D eigenvalue weighted by atomic mass is 9.96. The largest absolute Gasteiger partial charge is 0.481 e. The normalized spacial score (nSPS) is 15.4. The first-order valence-electron chi connectivity index (χ1n) is 9.96. The molecule has 0 aromatic carbocycles. The van der Waals surface area contributed by atoms with Crippen LogP contribution >= 0.6 is 0 Å². The third kappa shape index (κ3) is 5.26. The number of fused-ring (bicyclic) bond motifs is 1. The molecule has 158 valence electrons. The van der Waals surface area contributed by atoms with Crippen molar-refractivity contribution in [2.75, 3.05) is 32.1 Å². The minimum Gasteiger partial charge on any atom is -0.481 e. The Hall–Kier alpha value is -2.61. The summed E-state index contributed by atoms with van der Waals surface area (Å²) >= 11 is 0. The predicted octanol–water partition coefficient (Wildman–Crippen LogP) is 3.19. The van der Waals surface area contributed by atoms with Gasteiger partial charge >= 0.3 is 6.09 Å². The van der Waals surface area contributed by atoms with E-state index >= 15 is 0 Å². The van der Waals surface area contributed by atoms with E-state index in [2.05, 4.69) is 15.3 Å². The van der Waals surface area contributed by atoms with E-state index in [-0.39, 0.29) is 12.7 Å². The summed E-state index contributed by atoms with van der Waals surface area (Å²) in [6.45, 7) is 7.65. The molecule has 0 spiro atoms. The summed E-state index contributed by atoms with van der Waals surface area (Å²) in [5, 5.41) is 14.1. The fraction of sp³-hybridized carbons (Fsp3) is 0.571. The van der Waals surface area contributed by atoms with E-state index in [4.69, 9.17) is 9.47 Å². The molecule has 3 rings (SSSR count). The van der Waals surface area contributed by atoms with E-state index in [1.807, 2.05) is 26.8 Å². The molecule has 0 radical (unpaired) electrons. The molecule has 0 saturated carbocycles. The number of likely N-dealkylation sites (tertiary alicyclic amines) is 1. The molecule has 0 aliphatic carbocycles. The van der Waals surface area contributed by atoms with Gasteiger partial charge in [-0.1, -0.05) is 0 Å². The number of methoxy groups -OCH3 is 1. The number of amides is 1. The molecule has 0 atom stereocenters. The van der Waals surface area contributed by atoms with Crippen molar-refractivity contribution in [1.29, 1.82) is 0 Å². The van der Waals surface area contributed by atoms with Crippen molar-refractivity contribution in [2.45, 2.75) is 45.8 Å². The van der Waals surface area contributed by atoms with Gasteiger partial charge in [-0.25, -0.2) is 9.78 Å². The first-order chi connectivity index (χ1) is 13.8. The van der Waals surface area contributed by atoms with Crippen LogP contribution in [0.15, 0.2) is 18.3 Å². The van der Waals surface area contributed by atoms with Crippen molar-refractivity contribution >= 4 is 22.8 Å². The Balaban J connectivity index is 1.63. The van der Waals surface area contributed by atoms with Crippen molar-refractivity contribution < 1.29 is 19.4 Å². The van der Waals surface area contributed by atoms with Crippen LogP contribution in [0.4, 0.5) is 10.5 Å². The van der Waals surface area contributed by atoms with E-state index in [0.29, 0.717) is 30.5 Å². The number of ether oxygens (including phenoxy) is 2. The first-order valence-corrected chi connectivity index (χ1v) is 9.96. The van der Waals surface area contributed by atoms with Gasteiger partial charge in [-0.05, 0) is 45.6 Å². The highest BCUT2D eigenvalue weighted by atomic mass is 16.6. The number of aromatic nitrogens is 2. The Morgan fingerprint density at radius 1 is 1.31 bits per heavy atom. The number of carbonyl (C=O) groups excluding carboxylic acids is 1. The molecule has 1 aliphatic heterocycles. The summed E-state index contributed by atoms with van der Waals surface area (Å²) in [6.07, 6.45) is 3.19. The van der Waals surface area contributed by atoms with Gasteiger partial charge in [-0.15, -0.1) is 0 Å². The summed E-state index contributed by atoms with van der Waals surface area (Å²) in [6, 6.07) is 3.69. The minimum absolute atomic E-state index is 0.103. The van der Waals surface area contributed by atoms with Gasteiger partial charge in [-0.2, -0.15) is 4.98 Å². The second-order valence-corrected chi connectivity index (χ2v) is 8.33. The van der Waals surface area contributed by atoms with Gasteiger partial charge < -0.3 is 24.8 Å². The molecular weight excluding hydrogens is 372 g/mol. The number of hydrogen-bond acceptors (Lipinski definition) is 7. The van der Waals surface area contributed by atoms with Crippen molar-refractivity contribution in [3.05, 3.63) is 23.9 Å². The molecule has 1 saturated heterocycles. The molecule has 1 fully saturated rings. The summed E-state index contributed by atoms with van der Waals surface area (Å²) in [7, 11) is 1.57. The van der Waals surface area contributed by atoms with E-state index in [1.54, 1.807) is 24.3 Å². The quantitative estimate of drug-likeness (QED) is 0.793. The van der Waals surface area contributed by atoms with Crippen molar-refractivity contribution in [3.8, 4) is 5.88 Å². The van der Waals surface area contributed by atoms with E-state index in [1.165, 1.54) is 0 Å². The maximum Gasteiger partial charge on any atom is 0.410 e. The van der Waals surface area contributed by atoms with Crippen LogP contribution in [-0.2, 0) is 11.3 Å². The second-order valence-electron chi connectivity index (χ2n) is 8.33. The number of anilines is 1.